The Morgan fingerprint density at radius 1 is 0.304 bits per heavy atom. The molecule has 0 saturated heterocycles. The van der Waals surface area contributed by atoms with Crippen LogP contribution in [-0.2, 0) is 28.6 Å². The maximum absolute atomic E-state index is 12.8. The van der Waals surface area contributed by atoms with Crippen molar-refractivity contribution >= 4 is 17.9 Å². The standard InChI is InChI=1S/C63H112O6/c1-4-7-10-13-16-19-21-23-25-26-27-28-29-30-31-32-33-34-35-36-38-39-41-44-47-50-53-56-62(65)68-59-60(58-67-61(64)55-52-49-46-43-18-15-12-9-6-3)69-63(66)57-54-51-48-45-42-40-37-24-22-20-17-14-11-8-5-2/h8,11,17,20-21,23-24,26-27,37,60H,4-7,9-10,12-16,18-19,22,25,28-36,38-59H2,1-3H3/b11-8-,20-17-,23-21-,27-26-,37-24-. The van der Waals surface area contributed by atoms with Gasteiger partial charge in [0.2, 0.25) is 0 Å². The summed E-state index contributed by atoms with van der Waals surface area (Å²) in [5.41, 5.74) is 0. The summed E-state index contributed by atoms with van der Waals surface area (Å²) in [6.45, 7) is 6.51. The second-order valence-electron chi connectivity index (χ2n) is 19.9. The SMILES string of the molecule is CC/C=C\C/C=C\C/C=C\CCCCCCCC(=O)OC(COC(=O)CCCCCCCCCCC)COC(=O)CCCCCCCCCCCCCCCCC/C=C\C/C=C\CCCCCCC. The molecule has 0 aliphatic carbocycles. The van der Waals surface area contributed by atoms with Crippen molar-refractivity contribution in [2.75, 3.05) is 13.2 Å². The second-order valence-corrected chi connectivity index (χ2v) is 19.9. The van der Waals surface area contributed by atoms with E-state index >= 15 is 0 Å². The van der Waals surface area contributed by atoms with Crippen molar-refractivity contribution in [3.63, 3.8) is 0 Å². The molecule has 0 aromatic carbocycles. The fraction of sp³-hybridized carbons (Fsp3) is 0.794. The second kappa shape index (κ2) is 57.7. The maximum Gasteiger partial charge on any atom is 0.306 e. The average Bonchev–Trinajstić information content (AvgIpc) is 3.35. The van der Waals surface area contributed by atoms with Gasteiger partial charge in [-0.25, -0.2) is 0 Å². The van der Waals surface area contributed by atoms with Crippen molar-refractivity contribution in [3.05, 3.63) is 60.8 Å². The van der Waals surface area contributed by atoms with Crippen LogP contribution in [0, 0.1) is 0 Å². The molecule has 69 heavy (non-hydrogen) atoms. The van der Waals surface area contributed by atoms with Gasteiger partial charge in [0.1, 0.15) is 13.2 Å². The van der Waals surface area contributed by atoms with Crippen LogP contribution in [0.15, 0.2) is 60.8 Å². The van der Waals surface area contributed by atoms with Gasteiger partial charge in [0.25, 0.3) is 0 Å². The number of carbonyl (C=O) groups is 3. The zero-order valence-electron chi connectivity index (χ0n) is 45.8. The van der Waals surface area contributed by atoms with Crippen molar-refractivity contribution in [1.29, 1.82) is 0 Å². The monoisotopic (exact) mass is 965 g/mol. The number of rotatable bonds is 54. The number of unbranched alkanes of at least 4 members (excludes halogenated alkanes) is 33. The van der Waals surface area contributed by atoms with E-state index in [1.807, 2.05) is 0 Å². The third-order valence-electron chi connectivity index (χ3n) is 13.0. The van der Waals surface area contributed by atoms with Crippen molar-refractivity contribution < 1.29 is 28.6 Å². The topological polar surface area (TPSA) is 78.9 Å². The van der Waals surface area contributed by atoms with Crippen molar-refractivity contribution in [2.24, 2.45) is 0 Å². The van der Waals surface area contributed by atoms with E-state index in [9.17, 15) is 14.4 Å². The van der Waals surface area contributed by atoms with Crippen molar-refractivity contribution in [3.8, 4) is 0 Å². The molecule has 1 atom stereocenters. The van der Waals surface area contributed by atoms with Crippen LogP contribution < -0.4 is 0 Å². The Balaban J connectivity index is 4.16. The van der Waals surface area contributed by atoms with Gasteiger partial charge >= 0.3 is 17.9 Å². The first-order chi connectivity index (χ1) is 34.0. The Morgan fingerprint density at radius 3 is 0.884 bits per heavy atom. The Hall–Kier alpha value is -2.89. The summed E-state index contributed by atoms with van der Waals surface area (Å²) in [4.78, 5) is 38.0. The number of allylic oxidation sites excluding steroid dienone is 10. The zero-order valence-corrected chi connectivity index (χ0v) is 45.8. The highest BCUT2D eigenvalue weighted by atomic mass is 16.6. The van der Waals surface area contributed by atoms with E-state index in [4.69, 9.17) is 14.2 Å². The van der Waals surface area contributed by atoms with Gasteiger partial charge in [0, 0.05) is 19.3 Å². The molecule has 0 radical (unpaired) electrons. The minimum atomic E-state index is -0.780. The molecule has 0 N–H and O–H groups in total. The van der Waals surface area contributed by atoms with Crippen LogP contribution in [0.4, 0.5) is 0 Å². The van der Waals surface area contributed by atoms with Gasteiger partial charge in [0.05, 0.1) is 0 Å². The van der Waals surface area contributed by atoms with Gasteiger partial charge in [-0.15, -0.1) is 0 Å². The molecule has 0 heterocycles. The average molecular weight is 966 g/mol. The van der Waals surface area contributed by atoms with Crippen LogP contribution in [0.2, 0.25) is 0 Å². The molecule has 0 amide bonds. The molecule has 6 nitrogen and oxygen atoms in total. The highest BCUT2D eigenvalue weighted by Crippen LogP contribution is 2.16. The third kappa shape index (κ3) is 55.9. The van der Waals surface area contributed by atoms with E-state index in [1.54, 1.807) is 0 Å². The van der Waals surface area contributed by atoms with E-state index in [0.29, 0.717) is 19.3 Å². The molecule has 0 fully saturated rings. The molecule has 0 rings (SSSR count). The molecule has 0 bridgehead atoms. The summed E-state index contributed by atoms with van der Waals surface area (Å²) in [5, 5.41) is 0. The third-order valence-corrected chi connectivity index (χ3v) is 13.0. The molecule has 0 aliphatic heterocycles. The smallest absolute Gasteiger partial charge is 0.306 e. The number of carbonyl (C=O) groups excluding carboxylic acids is 3. The Bertz CT molecular complexity index is 1250. The van der Waals surface area contributed by atoms with Gasteiger partial charge in [-0.2, -0.15) is 0 Å². The summed E-state index contributed by atoms with van der Waals surface area (Å²) in [5.74, 6) is -0.887. The lowest BCUT2D eigenvalue weighted by Gasteiger charge is -2.18. The molecular formula is C63H112O6. The number of ether oxygens (including phenoxy) is 3. The largest absolute Gasteiger partial charge is 0.462 e. The van der Waals surface area contributed by atoms with Gasteiger partial charge in [0.15, 0.2) is 6.10 Å². The Morgan fingerprint density at radius 2 is 0.565 bits per heavy atom. The predicted molar refractivity (Wildman–Crippen MR) is 298 cm³/mol. The molecule has 400 valence electrons. The van der Waals surface area contributed by atoms with E-state index in [2.05, 4.69) is 81.5 Å². The molecule has 0 aromatic heterocycles. The fourth-order valence-corrected chi connectivity index (χ4v) is 8.55. The molecule has 0 aromatic rings. The highest BCUT2D eigenvalue weighted by Gasteiger charge is 2.19. The van der Waals surface area contributed by atoms with E-state index in [0.717, 1.165) is 103 Å². The molecule has 6 heteroatoms. The van der Waals surface area contributed by atoms with Crippen LogP contribution in [0.1, 0.15) is 303 Å². The Kier molecular flexibility index (Phi) is 55.3. The zero-order chi connectivity index (χ0) is 50.0. The molecular weight excluding hydrogens is 853 g/mol. The molecule has 0 aliphatic rings. The van der Waals surface area contributed by atoms with Gasteiger partial charge < -0.3 is 14.2 Å². The molecule has 0 spiro atoms. The van der Waals surface area contributed by atoms with E-state index in [-0.39, 0.29) is 31.1 Å². The maximum atomic E-state index is 12.8. The van der Waals surface area contributed by atoms with Crippen LogP contribution in [-0.4, -0.2) is 37.2 Å². The first-order valence-corrected chi connectivity index (χ1v) is 29.8. The molecule has 1 unspecified atom stereocenters. The lowest BCUT2D eigenvalue weighted by atomic mass is 10.0. The minimum Gasteiger partial charge on any atom is -0.462 e. The number of hydrogen-bond donors (Lipinski definition) is 0. The van der Waals surface area contributed by atoms with Gasteiger partial charge in [-0.05, 0) is 83.5 Å². The van der Waals surface area contributed by atoms with E-state index < -0.39 is 6.10 Å². The van der Waals surface area contributed by atoms with Crippen LogP contribution in [0.3, 0.4) is 0 Å². The Labute approximate surface area is 428 Å². The van der Waals surface area contributed by atoms with Crippen molar-refractivity contribution in [2.45, 2.75) is 309 Å². The van der Waals surface area contributed by atoms with Crippen LogP contribution in [0.5, 0.6) is 0 Å². The summed E-state index contributed by atoms with van der Waals surface area (Å²) in [7, 11) is 0. The summed E-state index contributed by atoms with van der Waals surface area (Å²) in [6.07, 6.45) is 72.4. The first-order valence-electron chi connectivity index (χ1n) is 29.8. The predicted octanol–water partition coefficient (Wildman–Crippen LogP) is 20.0. The summed E-state index contributed by atoms with van der Waals surface area (Å²) < 4.78 is 16.8. The molecule has 0 saturated carbocycles. The van der Waals surface area contributed by atoms with Crippen molar-refractivity contribution in [1.82, 2.24) is 0 Å². The quantitative estimate of drug-likeness (QED) is 0.0262. The number of hydrogen-bond acceptors (Lipinski definition) is 6. The first kappa shape index (κ1) is 66.1. The number of esters is 3. The van der Waals surface area contributed by atoms with Crippen LogP contribution >= 0.6 is 0 Å². The lowest BCUT2D eigenvalue weighted by molar-refractivity contribution is -0.167. The van der Waals surface area contributed by atoms with E-state index in [1.165, 1.54) is 161 Å². The summed E-state index contributed by atoms with van der Waals surface area (Å²) in [6, 6.07) is 0. The van der Waals surface area contributed by atoms with Gasteiger partial charge in [-0.3, -0.25) is 14.4 Å². The fourth-order valence-electron chi connectivity index (χ4n) is 8.55. The van der Waals surface area contributed by atoms with Gasteiger partial charge in [-0.1, -0.05) is 261 Å². The highest BCUT2D eigenvalue weighted by molar-refractivity contribution is 5.71. The lowest BCUT2D eigenvalue weighted by Crippen LogP contribution is -2.30. The normalized spacial score (nSPS) is 12.4. The minimum absolute atomic E-state index is 0.0786. The van der Waals surface area contributed by atoms with Crippen LogP contribution in [0.25, 0.3) is 0 Å². The summed E-state index contributed by atoms with van der Waals surface area (Å²) >= 11 is 0.